The van der Waals surface area contributed by atoms with Gasteiger partial charge < -0.3 is 15.0 Å². The number of aromatic amines is 1. The zero-order chi connectivity index (χ0) is 18.0. The van der Waals surface area contributed by atoms with E-state index in [9.17, 15) is 4.79 Å². The molecule has 0 radical (unpaired) electrons. The lowest BCUT2D eigenvalue weighted by Gasteiger charge is -2.09. The molecular weight excluding hydrogens is 396 g/mol. The van der Waals surface area contributed by atoms with Crippen LogP contribution in [0.4, 0.5) is 0 Å². The predicted octanol–water partition coefficient (Wildman–Crippen LogP) is 4.86. The highest BCUT2D eigenvalue weighted by molar-refractivity contribution is 7.80. The van der Waals surface area contributed by atoms with Crippen LogP contribution in [-0.4, -0.2) is 23.1 Å². The predicted molar refractivity (Wildman–Crippen MR) is 108 cm³/mol. The first kappa shape index (κ1) is 18.0. The van der Waals surface area contributed by atoms with E-state index in [0.29, 0.717) is 25.9 Å². The summed E-state index contributed by atoms with van der Waals surface area (Å²) in [7, 11) is 1.35. The number of H-pyrrole nitrogens is 1. The van der Waals surface area contributed by atoms with E-state index in [1.54, 1.807) is 12.3 Å². The summed E-state index contributed by atoms with van der Waals surface area (Å²) in [6.45, 7) is 0.569. The number of rotatable bonds is 4. The Morgan fingerprint density at radius 3 is 2.76 bits per heavy atom. The van der Waals surface area contributed by atoms with E-state index in [1.807, 2.05) is 24.3 Å². The first-order valence-electron chi connectivity index (χ1n) is 7.26. The van der Waals surface area contributed by atoms with Gasteiger partial charge in [-0.05, 0) is 23.8 Å². The second-order valence-electron chi connectivity index (χ2n) is 5.19. The van der Waals surface area contributed by atoms with Gasteiger partial charge in [0.1, 0.15) is 14.7 Å². The summed E-state index contributed by atoms with van der Waals surface area (Å²) in [5.74, 6) is -0.381. The largest absolute Gasteiger partial charge is 0.465 e. The van der Waals surface area contributed by atoms with Crippen molar-refractivity contribution in [2.24, 2.45) is 0 Å². The number of carbonyl (C=O) groups is 1. The average molecular weight is 409 g/mol. The van der Waals surface area contributed by atoms with Gasteiger partial charge in [0, 0.05) is 28.7 Å². The molecule has 0 amide bonds. The molecule has 0 saturated heterocycles. The van der Waals surface area contributed by atoms with Crippen LogP contribution >= 0.6 is 47.4 Å². The maximum absolute atomic E-state index is 11.7. The van der Waals surface area contributed by atoms with Crippen LogP contribution in [0.2, 0.25) is 5.02 Å². The van der Waals surface area contributed by atoms with Gasteiger partial charge in [-0.15, -0.1) is 11.3 Å². The van der Waals surface area contributed by atoms with Crippen molar-refractivity contribution in [1.82, 2.24) is 10.3 Å². The van der Waals surface area contributed by atoms with Crippen molar-refractivity contribution in [2.45, 2.75) is 6.54 Å². The highest BCUT2D eigenvalue weighted by Gasteiger charge is 2.14. The Labute approximate surface area is 163 Å². The molecule has 2 aromatic heterocycles. The van der Waals surface area contributed by atoms with E-state index in [0.717, 1.165) is 21.3 Å². The molecule has 8 heteroatoms. The van der Waals surface area contributed by atoms with Gasteiger partial charge in [0.2, 0.25) is 0 Å². The molecule has 128 valence electrons. The molecule has 0 unspecified atom stereocenters. The maximum Gasteiger partial charge on any atom is 0.348 e. The number of ether oxygens (including phenoxy) is 1. The van der Waals surface area contributed by atoms with Crippen molar-refractivity contribution >= 4 is 68.5 Å². The van der Waals surface area contributed by atoms with Crippen molar-refractivity contribution in [3.63, 3.8) is 0 Å². The van der Waals surface area contributed by atoms with Crippen LogP contribution in [0.3, 0.4) is 0 Å². The highest BCUT2D eigenvalue weighted by Crippen LogP contribution is 2.26. The zero-order valence-corrected chi connectivity index (χ0v) is 16.3. The smallest absolute Gasteiger partial charge is 0.348 e. The third-order valence-corrected chi connectivity index (χ3v) is 5.67. The lowest BCUT2D eigenvalue weighted by molar-refractivity contribution is 0.0606. The SMILES string of the molecule is COC(=O)c1cc2c(=S)c(C(=S)NCc3ccc(Cl)cc3)c[nH]c2s1. The number of thiophene rings is 1. The number of hydrogen-bond acceptors (Lipinski definition) is 5. The highest BCUT2D eigenvalue weighted by atomic mass is 35.5. The van der Waals surface area contributed by atoms with E-state index >= 15 is 0 Å². The van der Waals surface area contributed by atoms with E-state index < -0.39 is 0 Å². The fourth-order valence-corrected chi connectivity index (χ4v) is 4.03. The normalized spacial score (nSPS) is 10.6. The van der Waals surface area contributed by atoms with E-state index in [1.165, 1.54) is 18.4 Å². The van der Waals surface area contributed by atoms with Gasteiger partial charge in [0.15, 0.2) is 0 Å². The molecule has 3 aromatic rings. The number of thiocarbonyl (C=S) groups is 1. The molecular formula is C17H13ClN2O2S3. The van der Waals surface area contributed by atoms with Crippen LogP contribution < -0.4 is 5.32 Å². The Morgan fingerprint density at radius 1 is 1.36 bits per heavy atom. The second-order valence-corrected chi connectivity index (χ2v) is 7.49. The van der Waals surface area contributed by atoms with Crippen LogP contribution in [0.1, 0.15) is 20.8 Å². The number of aromatic nitrogens is 1. The number of halogens is 1. The Balaban J connectivity index is 1.83. The summed E-state index contributed by atoms with van der Waals surface area (Å²) < 4.78 is 5.36. The van der Waals surface area contributed by atoms with Gasteiger partial charge in [-0.3, -0.25) is 0 Å². The van der Waals surface area contributed by atoms with Crippen molar-refractivity contribution in [3.8, 4) is 0 Å². The molecule has 0 aliphatic heterocycles. The number of esters is 1. The third kappa shape index (κ3) is 3.90. The van der Waals surface area contributed by atoms with Gasteiger partial charge in [-0.2, -0.15) is 0 Å². The van der Waals surface area contributed by atoms with Gasteiger partial charge >= 0.3 is 5.97 Å². The average Bonchev–Trinajstić information content (AvgIpc) is 3.06. The molecule has 2 N–H and O–H groups in total. The Kier molecular flexibility index (Phi) is 5.48. The summed E-state index contributed by atoms with van der Waals surface area (Å²) in [5.41, 5.74) is 1.78. The van der Waals surface area contributed by atoms with Crippen molar-refractivity contribution in [1.29, 1.82) is 0 Å². The first-order chi connectivity index (χ1) is 12.0. The fraction of sp³-hybridized carbons (Fsp3) is 0.118. The van der Waals surface area contributed by atoms with Gasteiger partial charge in [-0.1, -0.05) is 48.2 Å². The Morgan fingerprint density at radius 2 is 2.08 bits per heavy atom. The fourth-order valence-electron chi connectivity index (χ4n) is 2.26. The standard InChI is InChI=1S/C17H13ClN2O2S3/c1-22-17(21)13-6-11-14(23)12(8-20-16(11)25-13)15(24)19-7-9-2-4-10(18)5-3-9/h2-6,8H,7H2,1H3,(H,19,24)(H,20,23). The van der Waals surface area contributed by atoms with Crippen LogP contribution in [0, 0.1) is 4.51 Å². The molecule has 3 rings (SSSR count). The van der Waals surface area contributed by atoms with Crippen LogP contribution in [0.25, 0.3) is 10.2 Å². The van der Waals surface area contributed by atoms with Crippen LogP contribution in [0.15, 0.2) is 36.5 Å². The minimum absolute atomic E-state index is 0.381. The summed E-state index contributed by atoms with van der Waals surface area (Å²) in [5, 5.41) is 4.67. The maximum atomic E-state index is 11.7. The Hall–Kier alpha value is -1.80. The van der Waals surface area contributed by atoms with Crippen molar-refractivity contribution < 1.29 is 9.53 Å². The van der Waals surface area contributed by atoms with Crippen LogP contribution in [0.5, 0.6) is 0 Å². The lowest BCUT2D eigenvalue weighted by atomic mass is 10.2. The molecule has 2 heterocycles. The van der Waals surface area contributed by atoms with E-state index in [-0.39, 0.29) is 5.97 Å². The van der Waals surface area contributed by atoms with Crippen molar-refractivity contribution in [2.75, 3.05) is 7.11 Å². The number of benzene rings is 1. The van der Waals surface area contributed by atoms with Crippen molar-refractivity contribution in [3.05, 3.63) is 62.1 Å². The van der Waals surface area contributed by atoms with E-state index in [4.69, 9.17) is 40.8 Å². The topological polar surface area (TPSA) is 54.1 Å². The van der Waals surface area contributed by atoms with Crippen LogP contribution in [-0.2, 0) is 11.3 Å². The molecule has 0 aliphatic rings. The van der Waals surface area contributed by atoms with Gasteiger partial charge in [0.05, 0.1) is 11.6 Å². The third-order valence-electron chi connectivity index (χ3n) is 3.57. The molecule has 0 bridgehead atoms. The molecule has 0 fully saturated rings. The van der Waals surface area contributed by atoms with E-state index in [2.05, 4.69) is 10.3 Å². The number of carbonyl (C=O) groups excluding carboxylic acids is 1. The quantitative estimate of drug-likeness (QED) is 0.476. The molecule has 0 spiro atoms. The summed E-state index contributed by atoms with van der Waals surface area (Å²) >= 11 is 18.2. The molecule has 25 heavy (non-hydrogen) atoms. The molecule has 1 aromatic carbocycles. The number of fused-ring (bicyclic) bond motifs is 1. The molecule has 0 aliphatic carbocycles. The number of nitrogens with one attached hydrogen (secondary N) is 2. The first-order valence-corrected chi connectivity index (χ1v) is 9.27. The zero-order valence-electron chi connectivity index (χ0n) is 13.1. The number of pyridine rings is 1. The second kappa shape index (κ2) is 7.61. The molecule has 0 atom stereocenters. The summed E-state index contributed by atoms with van der Waals surface area (Å²) in [4.78, 5) is 16.7. The summed E-state index contributed by atoms with van der Waals surface area (Å²) in [6, 6.07) is 9.27. The van der Waals surface area contributed by atoms with Gasteiger partial charge in [-0.25, -0.2) is 4.79 Å². The Bertz CT molecular complexity index is 1010. The minimum Gasteiger partial charge on any atom is -0.465 e. The molecule has 0 saturated carbocycles. The van der Waals surface area contributed by atoms with Gasteiger partial charge in [0.25, 0.3) is 0 Å². The lowest BCUT2D eigenvalue weighted by Crippen LogP contribution is -2.22. The molecule has 4 nitrogen and oxygen atoms in total. The summed E-state index contributed by atoms with van der Waals surface area (Å²) in [6.07, 6.45) is 1.76. The number of methoxy groups -OCH3 is 1. The minimum atomic E-state index is -0.381. The monoisotopic (exact) mass is 408 g/mol. The number of hydrogen-bond donors (Lipinski definition) is 2.